The van der Waals surface area contributed by atoms with Crippen LogP contribution in [0.25, 0.3) is 10.9 Å². The van der Waals surface area contributed by atoms with Gasteiger partial charge in [0.05, 0.1) is 12.5 Å². The molecule has 3 N–H and O–H groups in total. The first-order valence-corrected chi connectivity index (χ1v) is 17.1. The zero-order valence-electron chi connectivity index (χ0n) is 25.1. The van der Waals surface area contributed by atoms with Gasteiger partial charge in [-0.1, -0.05) is 63.4 Å². The van der Waals surface area contributed by atoms with Crippen LogP contribution in [0, 0.1) is 6.92 Å². The van der Waals surface area contributed by atoms with Crippen LogP contribution in [-0.2, 0) is 16.1 Å². The Morgan fingerprint density at radius 1 is 1.11 bits per heavy atom. The van der Waals surface area contributed by atoms with Crippen molar-refractivity contribution in [3.05, 3.63) is 99.1 Å². The van der Waals surface area contributed by atoms with Crippen molar-refractivity contribution in [2.45, 2.75) is 55.0 Å². The van der Waals surface area contributed by atoms with Crippen molar-refractivity contribution in [1.29, 1.82) is 0 Å². The summed E-state index contributed by atoms with van der Waals surface area (Å²) in [5.74, 6) is -0.191. The van der Waals surface area contributed by atoms with Crippen LogP contribution in [-0.4, -0.2) is 63.1 Å². The average Bonchev–Trinajstić information content (AvgIpc) is 3.71. The number of halogens is 2. The van der Waals surface area contributed by atoms with E-state index in [0.29, 0.717) is 37.6 Å². The first-order chi connectivity index (χ1) is 21.7. The molecule has 2 fully saturated rings. The van der Waals surface area contributed by atoms with Crippen LogP contribution in [0.3, 0.4) is 0 Å². The standard InChI is InChI=1S/C34H35BrClN5O3S/c1-3-37-33(44)39-25-14-15-40(20-25)32(43)34(45-26-11-4-21(2)5-12-26)17-30(42)41(19-22-6-8-23(35)9-7-22)31(34)28-18-38-29-16-24(36)10-13-27(28)29/h4-13,16,18,25,31,38H,3,14-15,17,19-20H2,1-2H3,(H2,37,39,44)/t25-,31-,34?/m0/s1. The molecule has 1 unspecified atom stereocenters. The molecule has 0 spiro atoms. The van der Waals surface area contributed by atoms with Crippen LogP contribution >= 0.6 is 39.3 Å². The Bertz CT molecular complexity index is 1730. The highest BCUT2D eigenvalue weighted by molar-refractivity contribution is 9.10. The molecule has 4 amide bonds. The SMILES string of the molecule is CCNC(=O)N[C@H]1CCN(C(=O)C2(Sc3ccc(C)cc3)CC(=O)N(Cc3ccc(Br)cc3)[C@H]2c2c[nH]c3cc(Cl)ccc23)C1. The van der Waals surface area contributed by atoms with E-state index in [1.807, 2.05) is 96.6 Å². The molecular weight excluding hydrogens is 674 g/mol. The molecule has 2 aliphatic rings. The van der Waals surface area contributed by atoms with Crippen molar-refractivity contribution in [1.82, 2.24) is 25.4 Å². The highest BCUT2D eigenvalue weighted by Crippen LogP contribution is 2.55. The summed E-state index contributed by atoms with van der Waals surface area (Å²) in [7, 11) is 0. The number of amides is 4. The van der Waals surface area contributed by atoms with Crippen molar-refractivity contribution < 1.29 is 14.4 Å². The van der Waals surface area contributed by atoms with Gasteiger partial charge in [-0.15, -0.1) is 11.8 Å². The minimum Gasteiger partial charge on any atom is -0.361 e. The highest BCUT2D eigenvalue weighted by Gasteiger charge is 2.60. The van der Waals surface area contributed by atoms with Crippen molar-refractivity contribution in [2.75, 3.05) is 19.6 Å². The maximum absolute atomic E-state index is 15.0. The number of aryl methyl sites for hydroxylation is 1. The number of likely N-dealkylation sites (tertiary alicyclic amines) is 2. The number of carbonyl (C=O) groups is 3. The number of fused-ring (bicyclic) bond motifs is 1. The molecule has 0 bridgehead atoms. The van der Waals surface area contributed by atoms with E-state index in [0.717, 1.165) is 37.0 Å². The van der Waals surface area contributed by atoms with E-state index < -0.39 is 10.8 Å². The second-order valence-corrected chi connectivity index (χ2v) is 14.5. The second-order valence-electron chi connectivity index (χ2n) is 11.7. The number of thioether (sulfide) groups is 1. The Morgan fingerprint density at radius 2 is 1.87 bits per heavy atom. The van der Waals surface area contributed by atoms with E-state index in [1.54, 1.807) is 0 Å². The third-order valence-corrected chi connectivity index (χ3v) is 10.7. The van der Waals surface area contributed by atoms with Gasteiger partial charge in [-0.2, -0.15) is 0 Å². The van der Waals surface area contributed by atoms with Crippen LogP contribution in [0.1, 0.15) is 42.5 Å². The topological polar surface area (TPSA) is 97.5 Å². The lowest BCUT2D eigenvalue weighted by Gasteiger charge is -2.38. The number of rotatable bonds is 8. The van der Waals surface area contributed by atoms with Crippen molar-refractivity contribution >= 4 is 68.0 Å². The first-order valence-electron chi connectivity index (χ1n) is 15.1. The van der Waals surface area contributed by atoms with Gasteiger partial charge in [-0.3, -0.25) is 9.59 Å². The minimum atomic E-state index is -1.17. The molecule has 3 heterocycles. The average molecular weight is 709 g/mol. The number of carbonyl (C=O) groups excluding carboxylic acids is 3. The molecule has 3 aromatic carbocycles. The number of benzene rings is 3. The number of H-pyrrole nitrogens is 1. The van der Waals surface area contributed by atoms with E-state index in [9.17, 15) is 9.59 Å². The van der Waals surface area contributed by atoms with E-state index in [4.69, 9.17) is 11.6 Å². The molecule has 1 aromatic heterocycles. The van der Waals surface area contributed by atoms with E-state index >= 15 is 4.79 Å². The van der Waals surface area contributed by atoms with E-state index in [2.05, 4.69) is 31.5 Å². The van der Waals surface area contributed by atoms with Gasteiger partial charge in [-0.05, 0) is 62.2 Å². The Labute approximate surface area is 280 Å². The first kappa shape index (κ1) is 31.5. The van der Waals surface area contributed by atoms with Crippen LogP contribution in [0.5, 0.6) is 0 Å². The number of hydrogen-bond donors (Lipinski definition) is 3. The Balaban J connectivity index is 1.46. The fourth-order valence-corrected chi connectivity index (χ4v) is 8.33. The van der Waals surface area contributed by atoms with Gasteiger partial charge >= 0.3 is 6.03 Å². The normalized spacial score (nSPS) is 21.5. The van der Waals surface area contributed by atoms with Gasteiger partial charge in [0.25, 0.3) is 0 Å². The summed E-state index contributed by atoms with van der Waals surface area (Å²) in [6, 6.07) is 20.7. The lowest BCUT2D eigenvalue weighted by atomic mass is 9.90. The fourth-order valence-electron chi connectivity index (χ4n) is 6.42. The summed E-state index contributed by atoms with van der Waals surface area (Å²) in [4.78, 5) is 49.5. The number of aromatic nitrogens is 1. The van der Waals surface area contributed by atoms with Gasteiger partial charge in [0.2, 0.25) is 11.8 Å². The van der Waals surface area contributed by atoms with E-state index in [-0.39, 0.29) is 30.3 Å². The van der Waals surface area contributed by atoms with Gasteiger partial charge in [0, 0.05) is 69.3 Å². The molecule has 234 valence electrons. The zero-order valence-corrected chi connectivity index (χ0v) is 28.3. The molecule has 3 atom stereocenters. The largest absolute Gasteiger partial charge is 0.361 e. The second kappa shape index (κ2) is 13.1. The summed E-state index contributed by atoms with van der Waals surface area (Å²) in [6.45, 7) is 5.63. The van der Waals surface area contributed by atoms with Crippen LogP contribution in [0.15, 0.2) is 82.3 Å². The molecular formula is C34H35BrClN5O3S. The molecule has 0 aliphatic carbocycles. The molecule has 4 aromatic rings. The molecule has 45 heavy (non-hydrogen) atoms. The van der Waals surface area contributed by atoms with Gasteiger partial charge in [-0.25, -0.2) is 4.79 Å². The fraction of sp³-hybridized carbons (Fsp3) is 0.324. The number of nitrogens with one attached hydrogen (secondary N) is 3. The predicted octanol–water partition coefficient (Wildman–Crippen LogP) is 6.82. The summed E-state index contributed by atoms with van der Waals surface area (Å²) >= 11 is 11.3. The van der Waals surface area contributed by atoms with Crippen LogP contribution < -0.4 is 10.6 Å². The zero-order chi connectivity index (χ0) is 31.7. The molecule has 2 aliphatic heterocycles. The number of aromatic amines is 1. The summed E-state index contributed by atoms with van der Waals surface area (Å²) in [5, 5.41) is 7.29. The minimum absolute atomic E-state index is 0.0384. The summed E-state index contributed by atoms with van der Waals surface area (Å²) < 4.78 is -0.217. The number of hydrogen-bond acceptors (Lipinski definition) is 4. The lowest BCUT2D eigenvalue weighted by molar-refractivity contribution is -0.133. The number of urea groups is 1. The predicted molar refractivity (Wildman–Crippen MR) is 182 cm³/mol. The monoisotopic (exact) mass is 707 g/mol. The van der Waals surface area contributed by atoms with Gasteiger partial charge < -0.3 is 25.4 Å². The molecule has 6 rings (SSSR count). The number of nitrogens with zero attached hydrogens (tertiary/aromatic N) is 2. The van der Waals surface area contributed by atoms with Crippen LogP contribution in [0.2, 0.25) is 5.02 Å². The van der Waals surface area contributed by atoms with E-state index in [1.165, 1.54) is 11.8 Å². The molecule has 0 saturated carbocycles. The maximum atomic E-state index is 15.0. The van der Waals surface area contributed by atoms with Gasteiger partial charge in [0.15, 0.2) is 0 Å². The third kappa shape index (κ3) is 6.46. The highest BCUT2D eigenvalue weighted by atomic mass is 79.9. The summed E-state index contributed by atoms with van der Waals surface area (Å²) in [6.07, 6.45) is 2.59. The lowest BCUT2D eigenvalue weighted by Crippen LogP contribution is -2.50. The Morgan fingerprint density at radius 3 is 2.60 bits per heavy atom. The maximum Gasteiger partial charge on any atom is 0.315 e. The van der Waals surface area contributed by atoms with Crippen LogP contribution in [0.4, 0.5) is 4.79 Å². The van der Waals surface area contributed by atoms with Crippen molar-refractivity contribution in [2.24, 2.45) is 0 Å². The molecule has 11 heteroatoms. The molecule has 0 radical (unpaired) electrons. The smallest absolute Gasteiger partial charge is 0.315 e. The Hall–Kier alpha value is -3.47. The molecule has 2 saturated heterocycles. The quantitative estimate of drug-likeness (QED) is 0.187. The van der Waals surface area contributed by atoms with Crippen molar-refractivity contribution in [3.63, 3.8) is 0 Å². The molecule has 8 nitrogen and oxygen atoms in total. The third-order valence-electron chi connectivity index (χ3n) is 8.56. The summed E-state index contributed by atoms with van der Waals surface area (Å²) in [5.41, 5.74) is 3.79. The Kier molecular flexibility index (Phi) is 9.17. The van der Waals surface area contributed by atoms with Gasteiger partial charge in [0.1, 0.15) is 4.75 Å². The van der Waals surface area contributed by atoms with Crippen molar-refractivity contribution in [3.8, 4) is 0 Å².